The highest BCUT2D eigenvalue weighted by Crippen LogP contribution is 2.39. The van der Waals surface area contributed by atoms with Crippen LogP contribution in [0.1, 0.15) is 24.6 Å². The maximum Gasteiger partial charge on any atom is 0.137 e. The van der Waals surface area contributed by atoms with Gasteiger partial charge in [-0.25, -0.2) is 0 Å². The molecule has 86 valence electrons. The van der Waals surface area contributed by atoms with Gasteiger partial charge in [0.05, 0.1) is 12.7 Å². The third kappa shape index (κ3) is 1.86. The van der Waals surface area contributed by atoms with Crippen LogP contribution in [0.15, 0.2) is 30.3 Å². The monoisotopic (exact) mass is 219 g/mol. The minimum absolute atomic E-state index is 0.0224. The highest BCUT2D eigenvalue weighted by atomic mass is 16.5. The largest absolute Gasteiger partial charge is 0.394 e. The summed E-state index contributed by atoms with van der Waals surface area (Å²) in [5.41, 5.74) is 1.20. The summed E-state index contributed by atoms with van der Waals surface area (Å²) < 4.78 is 5.89. The van der Waals surface area contributed by atoms with Gasteiger partial charge < -0.3 is 9.84 Å². The first-order valence-corrected chi connectivity index (χ1v) is 5.95. The minimum atomic E-state index is -0.0224. The smallest absolute Gasteiger partial charge is 0.137 e. The summed E-state index contributed by atoms with van der Waals surface area (Å²) >= 11 is 0. The van der Waals surface area contributed by atoms with Crippen molar-refractivity contribution >= 4 is 0 Å². The molecule has 0 radical (unpaired) electrons. The quantitative estimate of drug-likeness (QED) is 0.837. The van der Waals surface area contributed by atoms with E-state index in [0.29, 0.717) is 6.04 Å². The van der Waals surface area contributed by atoms with Gasteiger partial charge in [-0.15, -0.1) is 0 Å². The fourth-order valence-corrected chi connectivity index (χ4v) is 2.37. The fourth-order valence-electron chi connectivity index (χ4n) is 2.37. The second kappa shape index (κ2) is 4.17. The molecule has 1 unspecified atom stereocenters. The third-order valence-corrected chi connectivity index (χ3v) is 3.34. The van der Waals surface area contributed by atoms with Crippen LogP contribution in [0.4, 0.5) is 0 Å². The van der Waals surface area contributed by atoms with E-state index in [0.717, 1.165) is 6.54 Å². The van der Waals surface area contributed by atoms with Crippen molar-refractivity contribution in [1.82, 2.24) is 4.90 Å². The molecule has 1 heterocycles. The Morgan fingerprint density at radius 2 is 2.00 bits per heavy atom. The van der Waals surface area contributed by atoms with Crippen molar-refractivity contribution in [2.75, 3.05) is 13.2 Å². The Labute approximate surface area is 95.6 Å². The lowest BCUT2D eigenvalue weighted by molar-refractivity contribution is -0.0216. The van der Waals surface area contributed by atoms with Crippen molar-refractivity contribution in [3.63, 3.8) is 0 Å². The first kappa shape index (κ1) is 10.3. The zero-order chi connectivity index (χ0) is 11.0. The molecule has 0 spiro atoms. The first-order chi connectivity index (χ1) is 7.88. The molecule has 2 aliphatic rings. The van der Waals surface area contributed by atoms with Crippen LogP contribution in [-0.4, -0.2) is 35.3 Å². The van der Waals surface area contributed by atoms with E-state index in [1.165, 1.54) is 18.4 Å². The van der Waals surface area contributed by atoms with E-state index in [2.05, 4.69) is 17.0 Å². The van der Waals surface area contributed by atoms with Crippen molar-refractivity contribution in [1.29, 1.82) is 0 Å². The van der Waals surface area contributed by atoms with E-state index in [4.69, 9.17) is 4.74 Å². The molecule has 3 heteroatoms. The van der Waals surface area contributed by atoms with Crippen LogP contribution >= 0.6 is 0 Å². The number of nitrogens with zero attached hydrogens (tertiary/aromatic N) is 1. The summed E-state index contributed by atoms with van der Waals surface area (Å²) in [6, 6.07) is 11.0. The molecule has 2 fully saturated rings. The van der Waals surface area contributed by atoms with Gasteiger partial charge in [-0.1, -0.05) is 30.3 Å². The van der Waals surface area contributed by atoms with Crippen LogP contribution in [-0.2, 0) is 4.74 Å². The molecule has 3 nitrogen and oxygen atoms in total. The Morgan fingerprint density at radius 3 is 2.62 bits per heavy atom. The Bertz CT molecular complexity index is 350. The van der Waals surface area contributed by atoms with Gasteiger partial charge in [0, 0.05) is 12.6 Å². The summed E-state index contributed by atoms with van der Waals surface area (Å²) in [6.07, 6.45) is 2.56. The minimum Gasteiger partial charge on any atom is -0.394 e. The summed E-state index contributed by atoms with van der Waals surface area (Å²) in [5.74, 6) is 0. The van der Waals surface area contributed by atoms with Crippen LogP contribution in [0.25, 0.3) is 0 Å². The summed E-state index contributed by atoms with van der Waals surface area (Å²) in [5, 5.41) is 9.20. The summed E-state index contributed by atoms with van der Waals surface area (Å²) in [4.78, 5) is 2.39. The van der Waals surface area contributed by atoms with Crippen LogP contribution in [0.2, 0.25) is 0 Å². The number of aliphatic hydroxyl groups is 1. The molecule has 1 aromatic rings. The van der Waals surface area contributed by atoms with E-state index in [-0.39, 0.29) is 18.9 Å². The van der Waals surface area contributed by atoms with Gasteiger partial charge >= 0.3 is 0 Å². The number of ether oxygens (including phenoxy) is 1. The molecule has 2 atom stereocenters. The second-order valence-corrected chi connectivity index (χ2v) is 4.63. The summed E-state index contributed by atoms with van der Waals surface area (Å²) in [6.45, 7) is 0.979. The summed E-state index contributed by atoms with van der Waals surface area (Å²) in [7, 11) is 0. The lowest BCUT2D eigenvalue weighted by Crippen LogP contribution is -2.27. The number of aliphatic hydroxyl groups excluding tert-OH is 1. The van der Waals surface area contributed by atoms with E-state index >= 15 is 0 Å². The fraction of sp³-hybridized carbons (Fsp3) is 0.538. The molecule has 0 aromatic heterocycles. The molecule has 1 aliphatic carbocycles. The maximum absolute atomic E-state index is 9.20. The molecule has 1 aromatic carbocycles. The molecule has 1 saturated heterocycles. The number of benzene rings is 1. The molecule has 1 saturated carbocycles. The van der Waals surface area contributed by atoms with Gasteiger partial charge in [0.1, 0.15) is 6.23 Å². The average Bonchev–Trinajstić information content (AvgIpc) is 3.10. The SMILES string of the molecule is OCC1CN(C2CC2)[C@H](c2ccccc2)O1. The zero-order valence-corrected chi connectivity index (χ0v) is 9.25. The van der Waals surface area contributed by atoms with Crippen LogP contribution < -0.4 is 0 Å². The molecule has 1 aliphatic heterocycles. The Kier molecular flexibility index (Phi) is 2.67. The van der Waals surface area contributed by atoms with Crippen LogP contribution in [0.5, 0.6) is 0 Å². The van der Waals surface area contributed by atoms with Gasteiger partial charge in [-0.2, -0.15) is 0 Å². The van der Waals surface area contributed by atoms with Gasteiger partial charge in [0.15, 0.2) is 0 Å². The lowest BCUT2D eigenvalue weighted by atomic mass is 10.2. The molecular weight excluding hydrogens is 202 g/mol. The van der Waals surface area contributed by atoms with Gasteiger partial charge in [0.25, 0.3) is 0 Å². The van der Waals surface area contributed by atoms with E-state index in [9.17, 15) is 5.11 Å². The van der Waals surface area contributed by atoms with Crippen molar-refractivity contribution in [3.8, 4) is 0 Å². The standard InChI is InChI=1S/C13H17NO2/c15-9-12-8-14(11-6-7-11)13(16-12)10-4-2-1-3-5-10/h1-5,11-13,15H,6-9H2/t12?,13-/m0/s1. The van der Waals surface area contributed by atoms with Crippen molar-refractivity contribution in [2.45, 2.75) is 31.2 Å². The Balaban J connectivity index is 1.81. The Morgan fingerprint density at radius 1 is 1.25 bits per heavy atom. The van der Waals surface area contributed by atoms with Gasteiger partial charge in [0.2, 0.25) is 0 Å². The van der Waals surface area contributed by atoms with Crippen molar-refractivity contribution in [3.05, 3.63) is 35.9 Å². The topological polar surface area (TPSA) is 32.7 Å². The number of hydrogen-bond donors (Lipinski definition) is 1. The number of rotatable bonds is 3. The highest BCUT2D eigenvalue weighted by Gasteiger charge is 2.41. The van der Waals surface area contributed by atoms with E-state index in [1.807, 2.05) is 18.2 Å². The first-order valence-electron chi connectivity index (χ1n) is 5.95. The molecule has 3 rings (SSSR count). The Hall–Kier alpha value is -0.900. The average molecular weight is 219 g/mol. The predicted molar refractivity (Wildman–Crippen MR) is 60.9 cm³/mol. The zero-order valence-electron chi connectivity index (χ0n) is 9.25. The van der Waals surface area contributed by atoms with Gasteiger partial charge in [-0.3, -0.25) is 4.90 Å². The van der Waals surface area contributed by atoms with Crippen LogP contribution in [0.3, 0.4) is 0 Å². The third-order valence-electron chi connectivity index (χ3n) is 3.34. The molecule has 1 N–H and O–H groups in total. The van der Waals surface area contributed by atoms with Crippen molar-refractivity contribution < 1.29 is 9.84 Å². The number of hydrogen-bond acceptors (Lipinski definition) is 3. The molecule has 0 bridgehead atoms. The highest BCUT2D eigenvalue weighted by molar-refractivity contribution is 5.19. The second-order valence-electron chi connectivity index (χ2n) is 4.63. The van der Waals surface area contributed by atoms with Crippen LogP contribution in [0, 0.1) is 0 Å². The molecule has 0 amide bonds. The lowest BCUT2D eigenvalue weighted by Gasteiger charge is -2.22. The van der Waals surface area contributed by atoms with Gasteiger partial charge in [-0.05, 0) is 18.4 Å². The molecular formula is C13H17NO2. The predicted octanol–water partition coefficient (Wildman–Crippen LogP) is 1.54. The molecule has 16 heavy (non-hydrogen) atoms. The normalized spacial score (nSPS) is 30.8. The maximum atomic E-state index is 9.20. The van der Waals surface area contributed by atoms with Crippen molar-refractivity contribution in [2.24, 2.45) is 0 Å². The van der Waals surface area contributed by atoms with E-state index < -0.39 is 0 Å². The van der Waals surface area contributed by atoms with E-state index in [1.54, 1.807) is 0 Å².